The van der Waals surface area contributed by atoms with Gasteiger partial charge in [-0.05, 0) is 57.5 Å². The first kappa shape index (κ1) is 14.3. The molecular weight excluding hydrogens is 269 g/mol. The zero-order chi connectivity index (χ0) is 15.1. The fourth-order valence-corrected chi connectivity index (χ4v) is 3.78. The minimum atomic E-state index is -0.202. The molecule has 2 amide bonds. The molecule has 1 saturated heterocycles. The van der Waals surface area contributed by atoms with E-state index in [4.69, 9.17) is 0 Å². The lowest BCUT2D eigenvalue weighted by Gasteiger charge is -2.48. The summed E-state index contributed by atoms with van der Waals surface area (Å²) in [6.45, 7) is 0.707. The summed E-state index contributed by atoms with van der Waals surface area (Å²) in [5.74, 6) is -0.202. The monoisotopic (exact) mass is 291 g/mol. The number of halogens is 1. The molecule has 1 heterocycles. The smallest absolute Gasteiger partial charge is 0.315 e. The molecule has 1 aromatic carbocycles. The molecule has 2 aliphatic rings. The Kier molecular flexibility index (Phi) is 3.40. The molecule has 0 bridgehead atoms. The van der Waals surface area contributed by atoms with E-state index in [0.717, 1.165) is 31.2 Å². The summed E-state index contributed by atoms with van der Waals surface area (Å²) in [6.07, 6.45) is 3.77. The highest BCUT2D eigenvalue weighted by Crippen LogP contribution is 2.45. The van der Waals surface area contributed by atoms with Crippen molar-refractivity contribution in [1.29, 1.82) is 0 Å². The Bertz CT molecular complexity index is 533. The lowest BCUT2D eigenvalue weighted by atomic mass is 9.69. The van der Waals surface area contributed by atoms with Gasteiger partial charge in [0.05, 0.1) is 5.54 Å². The number of hydrogen-bond donors (Lipinski definition) is 2. The number of nitrogens with one attached hydrogen (secondary N) is 2. The maximum absolute atomic E-state index is 13.2. The Morgan fingerprint density at radius 2 is 1.71 bits per heavy atom. The third-order valence-corrected chi connectivity index (χ3v) is 5.24. The number of rotatable bonds is 2. The Balaban J connectivity index is 1.84. The largest absolute Gasteiger partial charge is 0.336 e. The number of benzene rings is 1. The molecule has 2 fully saturated rings. The number of amides is 2. The van der Waals surface area contributed by atoms with Gasteiger partial charge in [0.25, 0.3) is 0 Å². The average molecular weight is 291 g/mol. The van der Waals surface area contributed by atoms with Crippen LogP contribution >= 0.6 is 0 Å². The Morgan fingerprint density at radius 3 is 2.19 bits per heavy atom. The first-order valence-corrected chi connectivity index (χ1v) is 7.45. The van der Waals surface area contributed by atoms with Crippen LogP contribution in [0, 0.1) is 5.82 Å². The Labute approximate surface area is 124 Å². The van der Waals surface area contributed by atoms with E-state index in [-0.39, 0.29) is 22.9 Å². The molecule has 1 saturated carbocycles. The van der Waals surface area contributed by atoms with Crippen molar-refractivity contribution in [2.24, 2.45) is 0 Å². The predicted molar refractivity (Wildman–Crippen MR) is 79.5 cm³/mol. The molecule has 4 nitrogen and oxygen atoms in total. The molecule has 2 N–H and O–H groups in total. The van der Waals surface area contributed by atoms with E-state index in [9.17, 15) is 9.18 Å². The molecule has 0 radical (unpaired) electrons. The van der Waals surface area contributed by atoms with Gasteiger partial charge in [0.15, 0.2) is 0 Å². The van der Waals surface area contributed by atoms with Crippen LogP contribution in [0.4, 0.5) is 9.18 Å². The van der Waals surface area contributed by atoms with Gasteiger partial charge in [-0.3, -0.25) is 4.90 Å². The Hall–Kier alpha value is -1.62. The van der Waals surface area contributed by atoms with Crippen molar-refractivity contribution >= 4 is 6.03 Å². The van der Waals surface area contributed by atoms with Crippen molar-refractivity contribution in [3.63, 3.8) is 0 Å². The quantitative estimate of drug-likeness (QED) is 0.877. The van der Waals surface area contributed by atoms with Gasteiger partial charge in [-0.1, -0.05) is 12.1 Å². The number of carbonyl (C=O) groups is 1. The van der Waals surface area contributed by atoms with Crippen molar-refractivity contribution in [3.05, 3.63) is 35.6 Å². The fourth-order valence-electron chi connectivity index (χ4n) is 3.78. The SMILES string of the molecule is CN(C)[C@]1(c2ccc(F)cc2)CC[C@]2(CC1)CNC(=O)N2. The summed E-state index contributed by atoms with van der Waals surface area (Å²) < 4.78 is 13.2. The van der Waals surface area contributed by atoms with E-state index in [1.165, 1.54) is 12.1 Å². The predicted octanol–water partition coefficient (Wildman–Crippen LogP) is 2.21. The van der Waals surface area contributed by atoms with Gasteiger partial charge < -0.3 is 10.6 Å². The van der Waals surface area contributed by atoms with E-state index < -0.39 is 0 Å². The molecule has 1 aromatic rings. The van der Waals surface area contributed by atoms with Crippen LogP contribution < -0.4 is 10.6 Å². The van der Waals surface area contributed by atoms with Crippen LogP contribution in [0.25, 0.3) is 0 Å². The van der Waals surface area contributed by atoms with Crippen LogP contribution in [-0.2, 0) is 5.54 Å². The number of carbonyl (C=O) groups excluding carboxylic acids is 1. The topological polar surface area (TPSA) is 44.4 Å². The molecule has 0 atom stereocenters. The zero-order valence-electron chi connectivity index (χ0n) is 12.6. The van der Waals surface area contributed by atoms with Gasteiger partial charge in [-0.2, -0.15) is 0 Å². The summed E-state index contributed by atoms with van der Waals surface area (Å²) >= 11 is 0. The summed E-state index contributed by atoms with van der Waals surface area (Å²) in [5, 5.41) is 5.95. The summed E-state index contributed by atoms with van der Waals surface area (Å²) in [7, 11) is 4.15. The van der Waals surface area contributed by atoms with Crippen molar-refractivity contribution < 1.29 is 9.18 Å². The van der Waals surface area contributed by atoms with Crippen LogP contribution in [0.2, 0.25) is 0 Å². The average Bonchev–Trinajstić information content (AvgIpc) is 2.82. The fraction of sp³-hybridized carbons (Fsp3) is 0.562. The second kappa shape index (κ2) is 4.98. The summed E-state index contributed by atoms with van der Waals surface area (Å²) in [5.41, 5.74) is 0.976. The molecule has 0 unspecified atom stereocenters. The standard InChI is InChI=1S/C16H22FN3O/c1-20(2)16(12-3-5-13(17)6-4-12)9-7-15(8-10-16)11-18-14(21)19-15/h3-6H,7-11H2,1-2H3,(H2,18,19,21)/t15-,16+. The molecule has 0 aromatic heterocycles. The molecule has 1 spiro atoms. The second-order valence-corrected chi connectivity index (χ2v) is 6.52. The molecule has 3 rings (SSSR count). The minimum absolute atomic E-state index is 0.0610. The van der Waals surface area contributed by atoms with Crippen molar-refractivity contribution in [2.45, 2.75) is 36.8 Å². The van der Waals surface area contributed by atoms with E-state index in [2.05, 4.69) is 29.6 Å². The van der Waals surface area contributed by atoms with Crippen LogP contribution in [0.1, 0.15) is 31.2 Å². The van der Waals surface area contributed by atoms with Crippen LogP contribution in [0.5, 0.6) is 0 Å². The van der Waals surface area contributed by atoms with E-state index in [1.807, 2.05) is 12.1 Å². The first-order valence-electron chi connectivity index (χ1n) is 7.45. The lowest BCUT2D eigenvalue weighted by molar-refractivity contribution is 0.0652. The molecule has 1 aliphatic heterocycles. The normalized spacial score (nSPS) is 32.3. The molecule has 5 heteroatoms. The minimum Gasteiger partial charge on any atom is -0.336 e. The van der Waals surface area contributed by atoms with Crippen molar-refractivity contribution in [3.8, 4) is 0 Å². The van der Waals surface area contributed by atoms with Crippen LogP contribution in [0.15, 0.2) is 24.3 Å². The third-order valence-electron chi connectivity index (χ3n) is 5.24. The summed E-state index contributed by atoms with van der Waals surface area (Å²) in [6, 6.07) is 6.78. The van der Waals surface area contributed by atoms with E-state index in [1.54, 1.807) is 0 Å². The van der Waals surface area contributed by atoms with Gasteiger partial charge >= 0.3 is 6.03 Å². The lowest BCUT2D eigenvalue weighted by Crippen LogP contribution is -2.53. The van der Waals surface area contributed by atoms with Crippen molar-refractivity contribution in [2.75, 3.05) is 20.6 Å². The third kappa shape index (κ3) is 2.39. The number of hydrogen-bond acceptors (Lipinski definition) is 2. The second-order valence-electron chi connectivity index (χ2n) is 6.52. The molecular formula is C16H22FN3O. The number of nitrogens with zero attached hydrogens (tertiary/aromatic N) is 1. The highest BCUT2D eigenvalue weighted by molar-refractivity contribution is 5.77. The first-order chi connectivity index (χ1) is 9.96. The number of urea groups is 1. The van der Waals surface area contributed by atoms with Crippen LogP contribution in [0.3, 0.4) is 0 Å². The van der Waals surface area contributed by atoms with Crippen molar-refractivity contribution in [1.82, 2.24) is 15.5 Å². The van der Waals surface area contributed by atoms with Crippen LogP contribution in [-0.4, -0.2) is 37.1 Å². The van der Waals surface area contributed by atoms with Gasteiger partial charge in [0.1, 0.15) is 5.82 Å². The molecule has 114 valence electrons. The summed E-state index contributed by atoms with van der Waals surface area (Å²) in [4.78, 5) is 13.7. The maximum Gasteiger partial charge on any atom is 0.315 e. The van der Waals surface area contributed by atoms with E-state index >= 15 is 0 Å². The van der Waals surface area contributed by atoms with Gasteiger partial charge in [0, 0.05) is 12.1 Å². The highest BCUT2D eigenvalue weighted by atomic mass is 19.1. The van der Waals surface area contributed by atoms with Gasteiger partial charge in [-0.25, -0.2) is 9.18 Å². The molecule has 21 heavy (non-hydrogen) atoms. The van der Waals surface area contributed by atoms with E-state index in [0.29, 0.717) is 6.54 Å². The Morgan fingerprint density at radius 1 is 1.10 bits per heavy atom. The zero-order valence-corrected chi connectivity index (χ0v) is 12.6. The molecule has 1 aliphatic carbocycles. The van der Waals surface area contributed by atoms with Gasteiger partial charge in [-0.15, -0.1) is 0 Å². The maximum atomic E-state index is 13.2. The van der Waals surface area contributed by atoms with Gasteiger partial charge in [0.2, 0.25) is 0 Å². The highest BCUT2D eigenvalue weighted by Gasteiger charge is 2.47.